The van der Waals surface area contributed by atoms with Crippen LogP contribution in [0.3, 0.4) is 0 Å². The van der Waals surface area contributed by atoms with E-state index >= 15 is 0 Å². The quantitative estimate of drug-likeness (QED) is 0.0199. The highest BCUT2D eigenvalue weighted by molar-refractivity contribution is 5.80. The fourth-order valence-corrected chi connectivity index (χ4v) is 7.48. The SMILES string of the molecule is CCCCCCCCCCCCCCCCCCOC(=O)C(C)(CC)CC(C)(C)C(=O)OCCN(CC)c1ccc(N=Nc2ccc(N=Nc3ccc([N+](=O)[O-])cc3)cc2)cc1. The summed E-state index contributed by atoms with van der Waals surface area (Å²) in [5.74, 6) is -0.559. The number of nitrogens with zero attached hydrogens (tertiary/aromatic N) is 6. The van der Waals surface area contributed by atoms with Crippen molar-refractivity contribution in [2.75, 3.05) is 31.2 Å². The van der Waals surface area contributed by atoms with Crippen molar-refractivity contribution in [2.45, 2.75) is 157 Å². The lowest BCUT2D eigenvalue weighted by molar-refractivity contribution is -0.384. The van der Waals surface area contributed by atoms with Crippen LogP contribution in [0.2, 0.25) is 0 Å². The topological polar surface area (TPSA) is 148 Å². The normalized spacial score (nSPS) is 12.7. The molecule has 0 fully saturated rings. The van der Waals surface area contributed by atoms with E-state index in [4.69, 9.17) is 9.47 Å². The van der Waals surface area contributed by atoms with E-state index in [1.165, 1.54) is 102 Å². The Hall–Kier alpha value is -5.00. The highest BCUT2D eigenvalue weighted by Crippen LogP contribution is 2.39. The number of carbonyl (C=O) groups is 2. The number of nitro benzene ring substituents is 1. The molecular formula is C50H74N6O6. The zero-order chi connectivity index (χ0) is 45.1. The van der Waals surface area contributed by atoms with Gasteiger partial charge in [0.2, 0.25) is 0 Å². The van der Waals surface area contributed by atoms with Crippen molar-refractivity contribution >= 4 is 46.1 Å². The van der Waals surface area contributed by atoms with Crippen LogP contribution in [0, 0.1) is 20.9 Å². The fraction of sp³-hybridized carbons (Fsp3) is 0.600. The number of ether oxygens (including phenoxy) is 2. The van der Waals surface area contributed by atoms with E-state index in [2.05, 4.69) is 32.3 Å². The van der Waals surface area contributed by atoms with Gasteiger partial charge in [0, 0.05) is 24.4 Å². The maximum absolute atomic E-state index is 13.3. The summed E-state index contributed by atoms with van der Waals surface area (Å²) in [6, 6.07) is 20.6. The third-order valence-electron chi connectivity index (χ3n) is 11.6. The number of carbonyl (C=O) groups excluding carboxylic acids is 2. The minimum Gasteiger partial charge on any atom is -0.465 e. The highest BCUT2D eigenvalue weighted by Gasteiger charge is 2.43. The van der Waals surface area contributed by atoms with Gasteiger partial charge in [0.15, 0.2) is 0 Å². The first-order valence-corrected chi connectivity index (χ1v) is 23.3. The monoisotopic (exact) mass is 855 g/mol. The second kappa shape index (κ2) is 28.6. The lowest BCUT2D eigenvalue weighted by Crippen LogP contribution is -2.39. The van der Waals surface area contributed by atoms with Gasteiger partial charge < -0.3 is 14.4 Å². The summed E-state index contributed by atoms with van der Waals surface area (Å²) in [5.41, 5.74) is 1.77. The van der Waals surface area contributed by atoms with Crippen LogP contribution in [0.25, 0.3) is 0 Å². The Kier molecular flexibility index (Phi) is 23.7. The summed E-state index contributed by atoms with van der Waals surface area (Å²) in [7, 11) is 0. The Morgan fingerprint density at radius 2 is 0.952 bits per heavy atom. The Bertz CT molecular complexity index is 1800. The molecule has 0 amide bonds. The van der Waals surface area contributed by atoms with Gasteiger partial charge in [-0.05, 0) is 108 Å². The molecule has 0 spiro atoms. The van der Waals surface area contributed by atoms with Crippen LogP contribution in [0.5, 0.6) is 0 Å². The maximum atomic E-state index is 13.3. The molecule has 1 atom stereocenters. The Balaban J connectivity index is 1.33. The average molecular weight is 855 g/mol. The number of nitro groups is 1. The second-order valence-corrected chi connectivity index (χ2v) is 17.3. The molecule has 0 bridgehead atoms. The van der Waals surface area contributed by atoms with Gasteiger partial charge in [-0.1, -0.05) is 110 Å². The maximum Gasteiger partial charge on any atom is 0.311 e. The van der Waals surface area contributed by atoms with Gasteiger partial charge >= 0.3 is 11.9 Å². The van der Waals surface area contributed by atoms with Crippen LogP contribution < -0.4 is 4.90 Å². The molecule has 3 rings (SSSR count). The predicted octanol–water partition coefficient (Wildman–Crippen LogP) is 15.4. The third kappa shape index (κ3) is 19.4. The van der Waals surface area contributed by atoms with E-state index < -0.39 is 15.8 Å². The molecule has 0 saturated heterocycles. The number of unbranched alkanes of at least 4 members (excludes halogenated alkanes) is 15. The highest BCUT2D eigenvalue weighted by atomic mass is 16.6. The van der Waals surface area contributed by atoms with Crippen LogP contribution in [0.15, 0.2) is 93.3 Å². The summed E-state index contributed by atoms with van der Waals surface area (Å²) in [6.45, 7) is 13.8. The molecule has 0 N–H and O–H groups in total. The number of anilines is 1. The number of hydrogen-bond donors (Lipinski definition) is 0. The van der Waals surface area contributed by atoms with E-state index in [0.29, 0.717) is 48.7 Å². The smallest absolute Gasteiger partial charge is 0.311 e. The van der Waals surface area contributed by atoms with Gasteiger partial charge in [-0.15, -0.1) is 0 Å². The van der Waals surface area contributed by atoms with Crippen molar-refractivity contribution in [3.05, 3.63) is 82.9 Å². The number of esters is 2. The molecule has 3 aromatic rings. The Labute approximate surface area is 371 Å². The molecule has 12 heteroatoms. The molecule has 1 unspecified atom stereocenters. The first kappa shape index (κ1) is 51.4. The minimum absolute atomic E-state index is 0.00288. The van der Waals surface area contributed by atoms with Crippen LogP contribution in [-0.2, 0) is 19.1 Å². The molecule has 0 saturated carbocycles. The van der Waals surface area contributed by atoms with E-state index in [1.807, 2.05) is 58.9 Å². The zero-order valence-electron chi connectivity index (χ0n) is 38.6. The molecule has 3 aromatic carbocycles. The van der Waals surface area contributed by atoms with Crippen molar-refractivity contribution in [3.63, 3.8) is 0 Å². The van der Waals surface area contributed by atoms with Crippen LogP contribution in [-0.4, -0.2) is 43.2 Å². The minimum atomic E-state index is -0.860. The Morgan fingerprint density at radius 3 is 1.35 bits per heavy atom. The molecule has 12 nitrogen and oxygen atoms in total. The summed E-state index contributed by atoms with van der Waals surface area (Å²) in [5, 5.41) is 27.8. The van der Waals surface area contributed by atoms with Gasteiger partial charge in [0.25, 0.3) is 5.69 Å². The third-order valence-corrected chi connectivity index (χ3v) is 11.6. The molecule has 0 aliphatic rings. The molecule has 0 heterocycles. The van der Waals surface area contributed by atoms with Gasteiger partial charge in [0.1, 0.15) is 6.61 Å². The number of non-ortho nitro benzene ring substituents is 1. The van der Waals surface area contributed by atoms with Crippen molar-refractivity contribution in [1.29, 1.82) is 0 Å². The number of likely N-dealkylation sites (N-methyl/N-ethyl adjacent to an activating group) is 1. The van der Waals surface area contributed by atoms with E-state index in [-0.39, 0.29) is 24.2 Å². The van der Waals surface area contributed by atoms with E-state index in [1.54, 1.807) is 36.4 Å². The van der Waals surface area contributed by atoms with E-state index in [9.17, 15) is 19.7 Å². The summed E-state index contributed by atoms with van der Waals surface area (Å²) < 4.78 is 11.6. The predicted molar refractivity (Wildman–Crippen MR) is 250 cm³/mol. The first-order valence-electron chi connectivity index (χ1n) is 23.3. The molecule has 0 aromatic heterocycles. The molecule has 0 aliphatic heterocycles. The van der Waals surface area contributed by atoms with Gasteiger partial charge in [0.05, 0.1) is 51.7 Å². The molecule has 0 radical (unpaired) electrons. The van der Waals surface area contributed by atoms with Gasteiger partial charge in [-0.2, -0.15) is 20.5 Å². The summed E-state index contributed by atoms with van der Waals surface area (Å²) >= 11 is 0. The van der Waals surface area contributed by atoms with Gasteiger partial charge in [-0.25, -0.2) is 0 Å². The molecular weight excluding hydrogens is 781 g/mol. The first-order chi connectivity index (χ1) is 29.9. The van der Waals surface area contributed by atoms with Gasteiger partial charge in [-0.3, -0.25) is 19.7 Å². The number of hydrogen-bond acceptors (Lipinski definition) is 11. The molecule has 340 valence electrons. The lowest BCUT2D eigenvalue weighted by atomic mass is 9.72. The van der Waals surface area contributed by atoms with Crippen molar-refractivity contribution in [3.8, 4) is 0 Å². The number of benzene rings is 3. The van der Waals surface area contributed by atoms with Crippen LogP contribution in [0.1, 0.15) is 157 Å². The van der Waals surface area contributed by atoms with Crippen molar-refractivity contribution in [1.82, 2.24) is 0 Å². The Morgan fingerprint density at radius 1 is 0.565 bits per heavy atom. The zero-order valence-corrected chi connectivity index (χ0v) is 38.6. The molecule has 62 heavy (non-hydrogen) atoms. The fourth-order valence-electron chi connectivity index (χ4n) is 7.48. The second-order valence-electron chi connectivity index (χ2n) is 17.3. The summed E-state index contributed by atoms with van der Waals surface area (Å²) in [6.07, 6.45) is 21.7. The summed E-state index contributed by atoms with van der Waals surface area (Å²) in [4.78, 5) is 39.1. The lowest BCUT2D eigenvalue weighted by Gasteiger charge is -2.34. The van der Waals surface area contributed by atoms with Crippen molar-refractivity contribution < 1.29 is 24.0 Å². The largest absolute Gasteiger partial charge is 0.465 e. The average Bonchev–Trinajstić information content (AvgIpc) is 3.27. The standard InChI is InChI=1S/C50H74N6O6/c1-7-10-11-12-13-14-15-16-17-18-19-20-21-22-23-24-38-61-48(58)50(6,8-2)40-49(4,5)47(57)62-39-37-55(9-3)45-33-29-43(30-34-45)53-51-41-25-27-42(28-26-41)52-54-44-31-35-46(36-32-44)56(59)60/h25-36H,7-24,37-40H2,1-6H3. The number of rotatable bonds is 32. The number of azo groups is 2. The van der Waals surface area contributed by atoms with E-state index in [0.717, 1.165) is 25.1 Å². The van der Waals surface area contributed by atoms with Crippen LogP contribution in [0.4, 0.5) is 34.1 Å². The van der Waals surface area contributed by atoms with Crippen molar-refractivity contribution in [2.24, 2.45) is 31.3 Å². The molecule has 0 aliphatic carbocycles. The van der Waals surface area contributed by atoms with Crippen LogP contribution >= 0.6 is 0 Å².